The van der Waals surface area contributed by atoms with Crippen LogP contribution in [0.3, 0.4) is 0 Å². The van der Waals surface area contributed by atoms with E-state index in [1.807, 2.05) is 16.7 Å². The first-order chi connectivity index (χ1) is 9.24. The van der Waals surface area contributed by atoms with E-state index in [1.54, 1.807) is 23.9 Å². The first-order valence-corrected chi connectivity index (χ1v) is 7.65. The molecule has 19 heavy (non-hydrogen) atoms. The van der Waals surface area contributed by atoms with E-state index in [1.165, 1.54) is 0 Å². The Hall–Kier alpha value is -1.34. The number of nitrogens with one attached hydrogen (secondary N) is 1. The summed E-state index contributed by atoms with van der Waals surface area (Å²) in [7, 11) is 0. The number of nitrogens with zero attached hydrogens (tertiary/aromatic N) is 3. The number of hydrogen-bond donors (Lipinski definition) is 1. The average molecular weight is 339 g/mol. The molecule has 98 valence electrons. The van der Waals surface area contributed by atoms with E-state index in [0.29, 0.717) is 11.5 Å². The predicted molar refractivity (Wildman–Crippen MR) is 77.5 cm³/mol. The highest BCUT2D eigenvalue weighted by Crippen LogP contribution is 2.25. The summed E-state index contributed by atoms with van der Waals surface area (Å²) in [5.41, 5.74) is 0.601. The van der Waals surface area contributed by atoms with Crippen LogP contribution >= 0.6 is 27.7 Å². The minimum Gasteiger partial charge on any atom is -0.290 e. The van der Waals surface area contributed by atoms with Gasteiger partial charge in [0.25, 0.3) is 5.91 Å². The molecule has 0 spiro atoms. The fourth-order valence-electron chi connectivity index (χ4n) is 1.85. The molecule has 0 atom stereocenters. The SMILES string of the molecule is O=C(Nc1nnc2n1CCCS2)c1ccc(Br)cc1. The number of amides is 1. The number of benzene rings is 1. The maximum atomic E-state index is 12.1. The van der Waals surface area contributed by atoms with Crippen molar-refractivity contribution in [2.45, 2.75) is 18.1 Å². The van der Waals surface area contributed by atoms with Crippen LogP contribution in [-0.2, 0) is 6.54 Å². The van der Waals surface area contributed by atoms with Crippen LogP contribution in [0.25, 0.3) is 0 Å². The number of carbonyl (C=O) groups is 1. The van der Waals surface area contributed by atoms with Gasteiger partial charge >= 0.3 is 0 Å². The number of anilines is 1. The highest BCUT2D eigenvalue weighted by molar-refractivity contribution is 9.10. The lowest BCUT2D eigenvalue weighted by Crippen LogP contribution is -2.17. The van der Waals surface area contributed by atoms with Crippen LogP contribution in [-0.4, -0.2) is 26.4 Å². The first kappa shape index (κ1) is 12.7. The Morgan fingerprint density at radius 1 is 1.32 bits per heavy atom. The van der Waals surface area contributed by atoms with Crippen molar-refractivity contribution < 1.29 is 4.79 Å². The smallest absolute Gasteiger partial charge is 0.258 e. The second kappa shape index (κ2) is 5.34. The lowest BCUT2D eigenvalue weighted by molar-refractivity contribution is 0.102. The zero-order chi connectivity index (χ0) is 13.2. The fourth-order valence-corrected chi connectivity index (χ4v) is 3.00. The third kappa shape index (κ3) is 2.66. The summed E-state index contributed by atoms with van der Waals surface area (Å²) in [6, 6.07) is 7.21. The summed E-state index contributed by atoms with van der Waals surface area (Å²) in [6.45, 7) is 0.852. The monoisotopic (exact) mass is 338 g/mol. The summed E-state index contributed by atoms with van der Waals surface area (Å²) in [6.07, 6.45) is 1.07. The Morgan fingerprint density at radius 3 is 2.89 bits per heavy atom. The van der Waals surface area contributed by atoms with E-state index in [9.17, 15) is 4.79 Å². The topological polar surface area (TPSA) is 59.8 Å². The number of rotatable bonds is 2. The van der Waals surface area contributed by atoms with Gasteiger partial charge in [-0.05, 0) is 30.7 Å². The molecule has 2 aromatic rings. The van der Waals surface area contributed by atoms with Crippen molar-refractivity contribution in [3.05, 3.63) is 34.3 Å². The molecule has 0 radical (unpaired) electrons. The van der Waals surface area contributed by atoms with Crippen LogP contribution in [0.4, 0.5) is 5.95 Å². The summed E-state index contributed by atoms with van der Waals surface area (Å²) in [5.74, 6) is 1.41. The number of carbonyl (C=O) groups excluding carboxylic acids is 1. The Labute approximate surface area is 122 Å². The Balaban J connectivity index is 1.79. The van der Waals surface area contributed by atoms with E-state index in [-0.39, 0.29) is 5.91 Å². The van der Waals surface area contributed by atoms with Gasteiger partial charge in [-0.3, -0.25) is 14.7 Å². The molecule has 7 heteroatoms. The van der Waals surface area contributed by atoms with Crippen LogP contribution in [0.2, 0.25) is 0 Å². The van der Waals surface area contributed by atoms with Gasteiger partial charge in [-0.15, -0.1) is 10.2 Å². The second-order valence-corrected chi connectivity index (χ2v) is 6.10. The van der Waals surface area contributed by atoms with Crippen molar-refractivity contribution in [3.8, 4) is 0 Å². The molecule has 0 aliphatic carbocycles. The molecule has 3 rings (SSSR count). The lowest BCUT2D eigenvalue weighted by Gasteiger charge is -2.14. The fraction of sp³-hybridized carbons (Fsp3) is 0.250. The van der Waals surface area contributed by atoms with Crippen molar-refractivity contribution in [1.82, 2.24) is 14.8 Å². The zero-order valence-electron chi connectivity index (χ0n) is 9.97. The average Bonchev–Trinajstić information content (AvgIpc) is 2.83. The summed E-state index contributed by atoms with van der Waals surface area (Å²) >= 11 is 5.01. The Kier molecular flexibility index (Phi) is 3.56. The van der Waals surface area contributed by atoms with Crippen molar-refractivity contribution in [2.75, 3.05) is 11.1 Å². The first-order valence-electron chi connectivity index (χ1n) is 5.87. The molecule has 0 saturated heterocycles. The number of halogens is 1. The summed E-state index contributed by atoms with van der Waals surface area (Å²) < 4.78 is 2.89. The second-order valence-electron chi connectivity index (χ2n) is 4.12. The largest absolute Gasteiger partial charge is 0.290 e. The molecular weight excluding hydrogens is 328 g/mol. The molecule has 1 N–H and O–H groups in total. The normalized spacial score (nSPS) is 13.9. The molecule has 0 saturated carbocycles. The van der Waals surface area contributed by atoms with Gasteiger partial charge < -0.3 is 0 Å². The highest BCUT2D eigenvalue weighted by Gasteiger charge is 2.18. The molecule has 2 heterocycles. The molecule has 0 unspecified atom stereocenters. The third-order valence-corrected chi connectivity index (χ3v) is 4.39. The number of fused-ring (bicyclic) bond motifs is 1. The summed E-state index contributed by atoms with van der Waals surface area (Å²) in [5, 5.41) is 11.8. The molecule has 0 bridgehead atoms. The zero-order valence-corrected chi connectivity index (χ0v) is 12.4. The van der Waals surface area contributed by atoms with Gasteiger partial charge in [0.1, 0.15) is 0 Å². The van der Waals surface area contributed by atoms with Crippen LogP contribution in [0, 0.1) is 0 Å². The van der Waals surface area contributed by atoms with Crippen molar-refractivity contribution in [2.24, 2.45) is 0 Å². The quantitative estimate of drug-likeness (QED) is 0.914. The van der Waals surface area contributed by atoms with Crippen LogP contribution < -0.4 is 5.32 Å². The van der Waals surface area contributed by atoms with Gasteiger partial charge in [0.2, 0.25) is 5.95 Å². The van der Waals surface area contributed by atoms with Gasteiger partial charge in [0, 0.05) is 22.3 Å². The molecule has 1 aromatic carbocycles. The van der Waals surface area contributed by atoms with E-state index in [0.717, 1.165) is 28.3 Å². The van der Waals surface area contributed by atoms with E-state index >= 15 is 0 Å². The number of aromatic nitrogens is 3. The van der Waals surface area contributed by atoms with Gasteiger partial charge in [0.15, 0.2) is 5.16 Å². The van der Waals surface area contributed by atoms with Gasteiger partial charge in [0.05, 0.1) is 0 Å². The standard InChI is InChI=1S/C12H11BrN4OS/c13-9-4-2-8(3-5-9)10(18)14-11-15-16-12-17(11)6-1-7-19-12/h2-5H,1,6-7H2,(H,14,15,18). The minimum atomic E-state index is -0.168. The van der Waals surface area contributed by atoms with Crippen molar-refractivity contribution >= 4 is 39.5 Å². The third-order valence-electron chi connectivity index (χ3n) is 2.81. The molecule has 1 amide bonds. The van der Waals surface area contributed by atoms with Crippen LogP contribution in [0.15, 0.2) is 33.9 Å². The number of hydrogen-bond acceptors (Lipinski definition) is 4. The van der Waals surface area contributed by atoms with Gasteiger partial charge in [-0.25, -0.2) is 0 Å². The van der Waals surface area contributed by atoms with E-state index < -0.39 is 0 Å². The number of thioether (sulfide) groups is 1. The van der Waals surface area contributed by atoms with Crippen molar-refractivity contribution in [3.63, 3.8) is 0 Å². The predicted octanol–water partition coefficient (Wildman–Crippen LogP) is 2.79. The van der Waals surface area contributed by atoms with Gasteiger partial charge in [-0.1, -0.05) is 27.7 Å². The van der Waals surface area contributed by atoms with Gasteiger partial charge in [-0.2, -0.15) is 0 Å². The molecule has 1 aliphatic heterocycles. The van der Waals surface area contributed by atoms with E-state index in [4.69, 9.17) is 0 Å². The molecule has 1 aromatic heterocycles. The van der Waals surface area contributed by atoms with E-state index in [2.05, 4.69) is 31.4 Å². The molecule has 5 nitrogen and oxygen atoms in total. The molecular formula is C12H11BrN4OS. The molecule has 0 fully saturated rings. The Bertz CT molecular complexity index is 611. The van der Waals surface area contributed by atoms with Crippen LogP contribution in [0.5, 0.6) is 0 Å². The summed E-state index contributed by atoms with van der Waals surface area (Å²) in [4.78, 5) is 12.1. The maximum Gasteiger partial charge on any atom is 0.258 e. The maximum absolute atomic E-state index is 12.1. The van der Waals surface area contributed by atoms with Crippen molar-refractivity contribution in [1.29, 1.82) is 0 Å². The molecule has 1 aliphatic rings. The Morgan fingerprint density at radius 2 is 2.11 bits per heavy atom. The lowest BCUT2D eigenvalue weighted by atomic mass is 10.2. The highest BCUT2D eigenvalue weighted by atomic mass is 79.9. The van der Waals surface area contributed by atoms with Crippen LogP contribution in [0.1, 0.15) is 16.8 Å². The minimum absolute atomic E-state index is 0.168.